The van der Waals surface area contributed by atoms with E-state index in [9.17, 15) is 9.50 Å². The topological polar surface area (TPSA) is 46.2 Å². The Bertz CT molecular complexity index is 586. The first kappa shape index (κ1) is 15.0. The highest BCUT2D eigenvalue weighted by Gasteiger charge is 2.24. The Balaban J connectivity index is 2.35. The minimum atomic E-state index is -0.985. The summed E-state index contributed by atoms with van der Waals surface area (Å²) in [6.45, 7) is 2.07. The van der Waals surface area contributed by atoms with Crippen LogP contribution in [0.15, 0.2) is 42.5 Å². The molecule has 0 spiro atoms. The van der Waals surface area contributed by atoms with Crippen molar-refractivity contribution in [3.8, 4) is 0 Å². The lowest BCUT2D eigenvalue weighted by molar-refractivity contribution is 0.143. The van der Waals surface area contributed by atoms with Crippen LogP contribution in [0.3, 0.4) is 0 Å². The molecule has 2 rings (SSSR count). The van der Waals surface area contributed by atoms with E-state index in [1.807, 2.05) is 6.92 Å². The number of aliphatic hydroxyl groups is 1. The molecule has 20 heavy (non-hydrogen) atoms. The Labute approximate surface area is 123 Å². The highest BCUT2D eigenvalue weighted by Crippen LogP contribution is 2.32. The molecule has 0 aliphatic rings. The third-order valence-corrected chi connectivity index (χ3v) is 3.66. The highest BCUT2D eigenvalue weighted by atomic mass is 35.5. The van der Waals surface area contributed by atoms with Crippen molar-refractivity contribution in [3.05, 3.63) is 70.0 Å². The number of hydrogen-bond donors (Lipinski definition) is 2. The minimum Gasteiger partial charge on any atom is -0.388 e. The lowest BCUT2D eigenvalue weighted by Crippen LogP contribution is -2.21. The normalized spacial score (nSPS) is 14.1. The van der Waals surface area contributed by atoms with Gasteiger partial charge in [-0.15, -0.1) is 0 Å². The summed E-state index contributed by atoms with van der Waals surface area (Å²) in [6.07, 6.45) is -0.985. The molecule has 0 fully saturated rings. The van der Waals surface area contributed by atoms with E-state index < -0.39 is 11.9 Å². The van der Waals surface area contributed by atoms with Crippen molar-refractivity contribution in [3.63, 3.8) is 0 Å². The van der Waals surface area contributed by atoms with E-state index in [2.05, 4.69) is 0 Å². The molecule has 3 N–H and O–H groups in total. The molecule has 0 aliphatic carbocycles. The Morgan fingerprint density at radius 2 is 1.85 bits per heavy atom. The fourth-order valence-corrected chi connectivity index (χ4v) is 2.39. The first-order valence-corrected chi connectivity index (χ1v) is 6.80. The van der Waals surface area contributed by atoms with Crippen LogP contribution in [0, 0.1) is 12.7 Å². The lowest BCUT2D eigenvalue weighted by Gasteiger charge is -2.23. The largest absolute Gasteiger partial charge is 0.388 e. The van der Waals surface area contributed by atoms with Crippen molar-refractivity contribution in [2.75, 3.05) is 6.54 Å². The van der Waals surface area contributed by atoms with Crippen molar-refractivity contribution < 1.29 is 9.50 Å². The predicted octanol–water partition coefficient (Wildman–Crippen LogP) is 3.56. The summed E-state index contributed by atoms with van der Waals surface area (Å²) in [6, 6.07) is 11.8. The average Bonchev–Trinajstić information content (AvgIpc) is 2.44. The maximum Gasteiger partial charge on any atom is 0.129 e. The first-order valence-electron chi connectivity index (χ1n) is 6.42. The van der Waals surface area contributed by atoms with Crippen LogP contribution < -0.4 is 5.73 Å². The smallest absolute Gasteiger partial charge is 0.129 e. The fourth-order valence-electron chi connectivity index (χ4n) is 2.26. The first-order chi connectivity index (χ1) is 9.52. The fraction of sp³-hybridized carbons (Fsp3) is 0.250. The number of nitrogens with two attached hydrogens (primary N) is 1. The van der Waals surface area contributed by atoms with E-state index in [4.69, 9.17) is 17.3 Å². The van der Waals surface area contributed by atoms with Gasteiger partial charge in [-0.2, -0.15) is 0 Å². The highest BCUT2D eigenvalue weighted by molar-refractivity contribution is 6.30. The van der Waals surface area contributed by atoms with E-state index >= 15 is 0 Å². The molecule has 106 valence electrons. The average molecular weight is 294 g/mol. The van der Waals surface area contributed by atoms with Gasteiger partial charge in [0, 0.05) is 23.0 Å². The van der Waals surface area contributed by atoms with Crippen LogP contribution in [0.2, 0.25) is 5.02 Å². The lowest BCUT2D eigenvalue weighted by atomic mass is 9.88. The Morgan fingerprint density at radius 3 is 2.45 bits per heavy atom. The van der Waals surface area contributed by atoms with Gasteiger partial charge in [0.05, 0.1) is 6.10 Å². The quantitative estimate of drug-likeness (QED) is 0.905. The van der Waals surface area contributed by atoms with E-state index in [1.54, 1.807) is 36.4 Å². The van der Waals surface area contributed by atoms with Gasteiger partial charge in [-0.3, -0.25) is 0 Å². The van der Waals surface area contributed by atoms with E-state index in [-0.39, 0.29) is 18.0 Å². The van der Waals surface area contributed by atoms with Gasteiger partial charge in [0.1, 0.15) is 5.82 Å². The third-order valence-electron chi connectivity index (χ3n) is 3.40. The molecule has 0 saturated heterocycles. The Hall–Kier alpha value is -1.42. The maximum atomic E-state index is 13.9. The minimum absolute atomic E-state index is 0.218. The molecule has 0 amide bonds. The summed E-state index contributed by atoms with van der Waals surface area (Å²) in [4.78, 5) is 0. The van der Waals surface area contributed by atoms with Crippen LogP contribution >= 0.6 is 11.6 Å². The summed E-state index contributed by atoms with van der Waals surface area (Å²) in [5, 5.41) is 11.1. The van der Waals surface area contributed by atoms with Gasteiger partial charge in [0.15, 0.2) is 0 Å². The zero-order valence-corrected chi connectivity index (χ0v) is 11.9. The SMILES string of the molecule is Cc1ccc(F)c(C(O)C(CN)c2ccc(Cl)cc2)c1. The van der Waals surface area contributed by atoms with Gasteiger partial charge in [-0.25, -0.2) is 4.39 Å². The molecule has 4 heteroatoms. The summed E-state index contributed by atoms with van der Waals surface area (Å²) in [7, 11) is 0. The summed E-state index contributed by atoms with van der Waals surface area (Å²) < 4.78 is 13.9. The molecular formula is C16H17ClFNO. The van der Waals surface area contributed by atoms with Crippen LogP contribution in [0.25, 0.3) is 0 Å². The van der Waals surface area contributed by atoms with Crippen molar-refractivity contribution in [2.45, 2.75) is 18.9 Å². The molecule has 0 aromatic heterocycles. The number of aryl methyl sites for hydroxylation is 1. The van der Waals surface area contributed by atoms with Gasteiger partial charge in [-0.05, 0) is 30.7 Å². The monoisotopic (exact) mass is 293 g/mol. The molecule has 2 aromatic carbocycles. The molecule has 2 aromatic rings. The van der Waals surface area contributed by atoms with Crippen molar-refractivity contribution in [1.82, 2.24) is 0 Å². The van der Waals surface area contributed by atoms with Gasteiger partial charge >= 0.3 is 0 Å². The summed E-state index contributed by atoms with van der Waals surface area (Å²) in [5.41, 5.74) is 7.76. The molecule has 0 radical (unpaired) electrons. The molecule has 2 unspecified atom stereocenters. The van der Waals surface area contributed by atoms with Gasteiger partial charge in [0.25, 0.3) is 0 Å². The van der Waals surface area contributed by atoms with Crippen molar-refractivity contribution in [1.29, 1.82) is 0 Å². The van der Waals surface area contributed by atoms with E-state index in [1.165, 1.54) is 6.07 Å². The third kappa shape index (κ3) is 3.18. The molecule has 0 heterocycles. The van der Waals surface area contributed by atoms with Crippen molar-refractivity contribution >= 4 is 11.6 Å². The number of hydrogen-bond acceptors (Lipinski definition) is 2. The van der Waals surface area contributed by atoms with Crippen LogP contribution in [0.4, 0.5) is 4.39 Å². The molecule has 0 aliphatic heterocycles. The van der Waals surface area contributed by atoms with Crippen molar-refractivity contribution in [2.24, 2.45) is 5.73 Å². The second-order valence-electron chi connectivity index (χ2n) is 4.86. The predicted molar refractivity (Wildman–Crippen MR) is 79.3 cm³/mol. The summed E-state index contributed by atoms with van der Waals surface area (Å²) in [5.74, 6) is -0.793. The van der Waals surface area contributed by atoms with Gasteiger partial charge in [-0.1, -0.05) is 41.4 Å². The van der Waals surface area contributed by atoms with Crippen LogP contribution in [0.5, 0.6) is 0 Å². The number of halogens is 2. The van der Waals surface area contributed by atoms with E-state index in [0.717, 1.165) is 11.1 Å². The second kappa shape index (κ2) is 6.35. The molecular weight excluding hydrogens is 277 g/mol. The van der Waals surface area contributed by atoms with Crippen LogP contribution in [-0.4, -0.2) is 11.7 Å². The van der Waals surface area contributed by atoms with Gasteiger partial charge < -0.3 is 10.8 Å². The maximum absolute atomic E-state index is 13.9. The van der Waals surface area contributed by atoms with E-state index in [0.29, 0.717) is 5.02 Å². The zero-order valence-electron chi connectivity index (χ0n) is 11.2. The molecule has 0 saturated carbocycles. The summed E-state index contributed by atoms with van der Waals surface area (Å²) >= 11 is 5.85. The zero-order chi connectivity index (χ0) is 14.7. The van der Waals surface area contributed by atoms with Gasteiger partial charge in [0.2, 0.25) is 0 Å². The molecule has 0 bridgehead atoms. The second-order valence-corrected chi connectivity index (χ2v) is 5.30. The number of benzene rings is 2. The standard InChI is InChI=1S/C16H17ClFNO/c1-10-2-7-15(18)13(8-10)16(20)14(9-19)11-3-5-12(17)6-4-11/h2-8,14,16,20H,9,19H2,1H3. The van der Waals surface area contributed by atoms with Crippen LogP contribution in [0.1, 0.15) is 28.7 Å². The number of rotatable bonds is 4. The molecule has 2 nitrogen and oxygen atoms in total. The Kier molecular flexibility index (Phi) is 4.76. The van der Waals surface area contributed by atoms with Crippen LogP contribution in [-0.2, 0) is 0 Å². The Morgan fingerprint density at radius 1 is 1.20 bits per heavy atom. The molecule has 2 atom stereocenters. The number of aliphatic hydroxyl groups excluding tert-OH is 1.